The summed E-state index contributed by atoms with van der Waals surface area (Å²) >= 11 is 0. The molecule has 1 heteroatoms. The minimum absolute atomic E-state index is 0.994. The van der Waals surface area contributed by atoms with Gasteiger partial charge in [0.25, 0.3) is 0 Å². The highest BCUT2D eigenvalue weighted by Crippen LogP contribution is 2.33. The number of rotatable bonds is 4. The molecule has 0 spiro atoms. The minimum atomic E-state index is 0.994. The first-order valence-electron chi connectivity index (χ1n) is 11.4. The molecule has 4 aromatic carbocycles. The van der Waals surface area contributed by atoms with Crippen molar-refractivity contribution in [1.82, 2.24) is 4.98 Å². The Morgan fingerprint density at radius 2 is 0.727 bits per heavy atom. The zero-order chi connectivity index (χ0) is 22.8. The summed E-state index contributed by atoms with van der Waals surface area (Å²) in [6.07, 6.45) is 0. The van der Waals surface area contributed by atoms with Crippen LogP contribution in [0.1, 0.15) is 16.7 Å². The first-order chi connectivity index (χ1) is 16.0. The average molecular weight is 426 g/mol. The molecule has 0 radical (unpaired) electrons. The molecule has 0 aliphatic rings. The summed E-state index contributed by atoms with van der Waals surface area (Å²) in [4.78, 5) is 5.07. The maximum Gasteiger partial charge on any atom is 0.0715 e. The fraction of sp³-hybridized carbons (Fsp3) is 0.0938. The molecule has 0 aliphatic carbocycles. The molecule has 33 heavy (non-hydrogen) atoms. The van der Waals surface area contributed by atoms with E-state index in [0.717, 1.165) is 22.5 Å². The molecule has 0 atom stereocenters. The van der Waals surface area contributed by atoms with Gasteiger partial charge in [0.05, 0.1) is 11.4 Å². The van der Waals surface area contributed by atoms with Gasteiger partial charge < -0.3 is 0 Å². The molecule has 1 heterocycles. The molecule has 1 nitrogen and oxygen atoms in total. The molecule has 5 aromatic rings. The Bertz CT molecular complexity index is 1380. The van der Waals surface area contributed by atoms with Gasteiger partial charge in [0.1, 0.15) is 0 Å². The van der Waals surface area contributed by atoms with Crippen LogP contribution in [-0.2, 0) is 0 Å². The summed E-state index contributed by atoms with van der Waals surface area (Å²) in [6, 6.07) is 39.0. The lowest BCUT2D eigenvalue weighted by molar-refractivity contribution is 1.31. The van der Waals surface area contributed by atoms with Crippen molar-refractivity contribution in [1.29, 1.82) is 0 Å². The van der Waals surface area contributed by atoms with Gasteiger partial charge >= 0.3 is 0 Å². The van der Waals surface area contributed by atoms with E-state index in [-0.39, 0.29) is 0 Å². The van der Waals surface area contributed by atoms with Gasteiger partial charge in [-0.25, -0.2) is 4.98 Å². The highest BCUT2D eigenvalue weighted by molar-refractivity contribution is 5.79. The summed E-state index contributed by atoms with van der Waals surface area (Å²) in [7, 11) is 0. The SMILES string of the molecule is Cc1cccc(-c2cccc(-c3cc(-c4cccc(C)c4)nc(-c4cccc(C)c4)c3)c2)c1. The first kappa shape index (κ1) is 20.9. The molecule has 0 bridgehead atoms. The van der Waals surface area contributed by atoms with Gasteiger partial charge in [0.2, 0.25) is 0 Å². The van der Waals surface area contributed by atoms with E-state index in [1.165, 1.54) is 38.9 Å². The second kappa shape index (κ2) is 8.88. The van der Waals surface area contributed by atoms with Crippen LogP contribution in [0.15, 0.2) is 109 Å². The van der Waals surface area contributed by atoms with E-state index in [1.807, 2.05) is 0 Å². The Labute approximate surface area is 196 Å². The highest BCUT2D eigenvalue weighted by atomic mass is 14.7. The van der Waals surface area contributed by atoms with Gasteiger partial charge in [-0.2, -0.15) is 0 Å². The predicted octanol–water partition coefficient (Wildman–Crippen LogP) is 8.67. The number of hydrogen-bond acceptors (Lipinski definition) is 1. The van der Waals surface area contributed by atoms with E-state index in [2.05, 4.69) is 130 Å². The van der Waals surface area contributed by atoms with Gasteiger partial charge in [0, 0.05) is 11.1 Å². The Balaban J connectivity index is 1.68. The van der Waals surface area contributed by atoms with Crippen molar-refractivity contribution in [2.75, 3.05) is 0 Å². The van der Waals surface area contributed by atoms with E-state index < -0.39 is 0 Å². The van der Waals surface area contributed by atoms with Crippen molar-refractivity contribution < 1.29 is 0 Å². The Morgan fingerprint density at radius 3 is 1.21 bits per heavy atom. The summed E-state index contributed by atoms with van der Waals surface area (Å²) in [5.41, 5.74) is 12.8. The van der Waals surface area contributed by atoms with Gasteiger partial charge in [0.15, 0.2) is 0 Å². The van der Waals surface area contributed by atoms with Crippen LogP contribution in [0.5, 0.6) is 0 Å². The van der Waals surface area contributed by atoms with Gasteiger partial charge in [-0.3, -0.25) is 0 Å². The average Bonchev–Trinajstić information content (AvgIpc) is 2.84. The molecule has 0 aliphatic heterocycles. The lowest BCUT2D eigenvalue weighted by Crippen LogP contribution is -1.92. The largest absolute Gasteiger partial charge is 0.248 e. The van der Waals surface area contributed by atoms with Crippen LogP contribution in [-0.4, -0.2) is 4.98 Å². The van der Waals surface area contributed by atoms with Gasteiger partial charge in [-0.15, -0.1) is 0 Å². The Hall–Kier alpha value is -3.97. The van der Waals surface area contributed by atoms with Crippen molar-refractivity contribution in [3.63, 3.8) is 0 Å². The minimum Gasteiger partial charge on any atom is -0.248 e. The second-order valence-corrected chi connectivity index (χ2v) is 8.82. The number of benzene rings is 4. The maximum absolute atomic E-state index is 5.07. The van der Waals surface area contributed by atoms with Gasteiger partial charge in [-0.1, -0.05) is 95.6 Å². The van der Waals surface area contributed by atoms with Crippen LogP contribution >= 0.6 is 0 Å². The summed E-state index contributed by atoms with van der Waals surface area (Å²) < 4.78 is 0. The van der Waals surface area contributed by atoms with Crippen molar-refractivity contribution in [3.8, 4) is 44.8 Å². The third-order valence-electron chi connectivity index (χ3n) is 6.00. The number of nitrogens with zero attached hydrogens (tertiary/aromatic N) is 1. The monoisotopic (exact) mass is 425 g/mol. The summed E-state index contributed by atoms with van der Waals surface area (Å²) in [6.45, 7) is 6.39. The van der Waals surface area contributed by atoms with E-state index in [9.17, 15) is 0 Å². The lowest BCUT2D eigenvalue weighted by Gasteiger charge is -2.12. The summed E-state index contributed by atoms with van der Waals surface area (Å²) in [5, 5.41) is 0. The smallest absolute Gasteiger partial charge is 0.0715 e. The second-order valence-electron chi connectivity index (χ2n) is 8.82. The van der Waals surface area contributed by atoms with Crippen molar-refractivity contribution in [2.24, 2.45) is 0 Å². The van der Waals surface area contributed by atoms with Crippen LogP contribution in [0.2, 0.25) is 0 Å². The van der Waals surface area contributed by atoms with E-state index in [1.54, 1.807) is 0 Å². The normalized spacial score (nSPS) is 10.9. The quantitative estimate of drug-likeness (QED) is 0.281. The maximum atomic E-state index is 5.07. The number of aryl methyl sites for hydroxylation is 3. The highest BCUT2D eigenvalue weighted by Gasteiger charge is 2.10. The molecule has 0 unspecified atom stereocenters. The fourth-order valence-corrected chi connectivity index (χ4v) is 4.30. The standard InChI is InChI=1S/C32H27N/c1-22-8-4-11-25(16-22)26-12-7-13-27(19-26)30-20-31(28-14-5-9-23(2)17-28)33-32(21-30)29-15-6-10-24(3)18-29/h4-21H,1-3H3. The van der Waals surface area contributed by atoms with E-state index in [4.69, 9.17) is 4.98 Å². The number of pyridine rings is 1. The van der Waals surface area contributed by atoms with Gasteiger partial charge in [-0.05, 0) is 73.4 Å². The summed E-state index contributed by atoms with van der Waals surface area (Å²) in [5.74, 6) is 0. The molecular formula is C32H27N. The topological polar surface area (TPSA) is 12.9 Å². The molecule has 160 valence electrons. The fourth-order valence-electron chi connectivity index (χ4n) is 4.30. The molecule has 0 saturated carbocycles. The zero-order valence-corrected chi connectivity index (χ0v) is 19.3. The van der Waals surface area contributed by atoms with Crippen LogP contribution in [0.3, 0.4) is 0 Å². The Morgan fingerprint density at radius 1 is 0.364 bits per heavy atom. The van der Waals surface area contributed by atoms with Crippen molar-refractivity contribution in [3.05, 3.63) is 126 Å². The van der Waals surface area contributed by atoms with Crippen molar-refractivity contribution in [2.45, 2.75) is 20.8 Å². The third-order valence-corrected chi connectivity index (χ3v) is 6.00. The Kier molecular flexibility index (Phi) is 5.62. The number of aromatic nitrogens is 1. The third kappa shape index (κ3) is 4.63. The molecule has 0 saturated heterocycles. The van der Waals surface area contributed by atoms with Crippen LogP contribution < -0.4 is 0 Å². The van der Waals surface area contributed by atoms with E-state index in [0.29, 0.717) is 0 Å². The van der Waals surface area contributed by atoms with E-state index >= 15 is 0 Å². The molecule has 0 amide bonds. The molecule has 1 aromatic heterocycles. The molecule has 0 N–H and O–H groups in total. The van der Waals surface area contributed by atoms with Crippen molar-refractivity contribution >= 4 is 0 Å². The number of hydrogen-bond donors (Lipinski definition) is 0. The van der Waals surface area contributed by atoms with Crippen LogP contribution in [0.25, 0.3) is 44.8 Å². The molecular weight excluding hydrogens is 398 g/mol. The predicted molar refractivity (Wildman–Crippen MR) is 140 cm³/mol. The van der Waals surface area contributed by atoms with Crippen LogP contribution in [0, 0.1) is 20.8 Å². The molecule has 0 fully saturated rings. The lowest BCUT2D eigenvalue weighted by atomic mass is 9.96. The molecule has 5 rings (SSSR count). The van der Waals surface area contributed by atoms with Crippen LogP contribution in [0.4, 0.5) is 0 Å². The first-order valence-corrected chi connectivity index (χ1v) is 11.4. The zero-order valence-electron chi connectivity index (χ0n) is 19.3.